The van der Waals surface area contributed by atoms with E-state index in [-0.39, 0.29) is 0 Å². The van der Waals surface area contributed by atoms with E-state index in [0.29, 0.717) is 12.1 Å². The normalized spacial score (nSPS) is 41.8. The van der Waals surface area contributed by atoms with Crippen LogP contribution in [0, 0.1) is 5.92 Å². The number of nitrogens with zero attached hydrogens (tertiary/aromatic N) is 1. The average molecular weight is 196 g/mol. The number of hydrogen-bond donors (Lipinski definition) is 1. The Morgan fingerprint density at radius 3 is 2.57 bits per heavy atom. The van der Waals surface area contributed by atoms with E-state index in [4.69, 9.17) is 5.73 Å². The first-order valence-corrected chi connectivity index (χ1v) is 6.20. The molecule has 2 heteroatoms. The number of hydrogen-bond acceptors (Lipinski definition) is 2. The topological polar surface area (TPSA) is 29.3 Å². The molecule has 2 nitrogen and oxygen atoms in total. The monoisotopic (exact) mass is 196 g/mol. The highest BCUT2D eigenvalue weighted by Crippen LogP contribution is 2.35. The van der Waals surface area contributed by atoms with E-state index in [1.54, 1.807) is 0 Å². The summed E-state index contributed by atoms with van der Waals surface area (Å²) in [5, 5.41) is 0. The van der Waals surface area contributed by atoms with Crippen LogP contribution in [-0.2, 0) is 0 Å². The van der Waals surface area contributed by atoms with E-state index in [1.165, 1.54) is 38.6 Å². The van der Waals surface area contributed by atoms with Crippen molar-refractivity contribution in [2.75, 3.05) is 6.54 Å². The maximum atomic E-state index is 6.07. The molecule has 1 saturated heterocycles. The zero-order valence-electron chi connectivity index (χ0n) is 9.58. The van der Waals surface area contributed by atoms with Crippen LogP contribution in [0.2, 0.25) is 0 Å². The molecular weight excluding hydrogens is 172 g/mol. The molecule has 14 heavy (non-hydrogen) atoms. The molecule has 2 rings (SSSR count). The van der Waals surface area contributed by atoms with Crippen LogP contribution in [0.3, 0.4) is 0 Å². The lowest BCUT2D eigenvalue weighted by atomic mass is 9.78. The molecule has 2 fully saturated rings. The van der Waals surface area contributed by atoms with Gasteiger partial charge in [0.15, 0.2) is 0 Å². The van der Waals surface area contributed by atoms with Gasteiger partial charge in [-0.05, 0) is 45.1 Å². The van der Waals surface area contributed by atoms with E-state index in [9.17, 15) is 0 Å². The van der Waals surface area contributed by atoms with Crippen LogP contribution in [0.15, 0.2) is 0 Å². The second-order valence-electron chi connectivity index (χ2n) is 5.39. The Bertz CT molecular complexity index is 185. The number of piperidine rings is 1. The zero-order chi connectivity index (χ0) is 10.1. The molecule has 0 aromatic rings. The summed E-state index contributed by atoms with van der Waals surface area (Å²) in [5.41, 5.74) is 6.07. The van der Waals surface area contributed by atoms with Crippen molar-refractivity contribution >= 4 is 0 Å². The van der Waals surface area contributed by atoms with Crippen LogP contribution >= 0.6 is 0 Å². The first-order valence-electron chi connectivity index (χ1n) is 6.20. The smallest absolute Gasteiger partial charge is 0.0247 e. The fourth-order valence-corrected chi connectivity index (χ4v) is 3.13. The van der Waals surface area contributed by atoms with Gasteiger partial charge in [0, 0.05) is 18.1 Å². The highest BCUT2D eigenvalue weighted by atomic mass is 15.2. The Morgan fingerprint density at radius 2 is 2.00 bits per heavy atom. The molecule has 0 bridgehead atoms. The van der Waals surface area contributed by atoms with Crippen LogP contribution < -0.4 is 5.73 Å². The van der Waals surface area contributed by atoms with Crippen LogP contribution in [0.5, 0.6) is 0 Å². The second kappa shape index (κ2) is 4.19. The van der Waals surface area contributed by atoms with Crippen molar-refractivity contribution in [3.05, 3.63) is 0 Å². The van der Waals surface area contributed by atoms with Gasteiger partial charge in [-0.25, -0.2) is 0 Å². The van der Waals surface area contributed by atoms with Crippen molar-refractivity contribution in [3.63, 3.8) is 0 Å². The molecule has 2 aliphatic rings. The highest BCUT2D eigenvalue weighted by Gasteiger charge is 2.36. The third-order valence-electron chi connectivity index (χ3n) is 4.02. The summed E-state index contributed by atoms with van der Waals surface area (Å²) in [4.78, 5) is 2.70. The van der Waals surface area contributed by atoms with Crippen LogP contribution in [0.4, 0.5) is 0 Å². The molecule has 2 N–H and O–H groups in total. The van der Waals surface area contributed by atoms with Crippen LogP contribution in [0.1, 0.15) is 46.0 Å². The van der Waals surface area contributed by atoms with Crippen molar-refractivity contribution in [2.24, 2.45) is 11.7 Å². The lowest BCUT2D eigenvalue weighted by Crippen LogP contribution is -2.56. The highest BCUT2D eigenvalue weighted by molar-refractivity contribution is 4.92. The largest absolute Gasteiger partial charge is 0.327 e. The van der Waals surface area contributed by atoms with Gasteiger partial charge in [0.2, 0.25) is 0 Å². The third kappa shape index (κ3) is 1.96. The van der Waals surface area contributed by atoms with Gasteiger partial charge in [0.1, 0.15) is 0 Å². The Labute approximate surface area is 87.8 Å². The maximum absolute atomic E-state index is 6.07. The van der Waals surface area contributed by atoms with Crippen molar-refractivity contribution in [1.82, 2.24) is 4.90 Å². The first-order chi connectivity index (χ1) is 6.68. The first kappa shape index (κ1) is 10.4. The third-order valence-corrected chi connectivity index (χ3v) is 4.02. The fraction of sp³-hybridized carbons (Fsp3) is 1.00. The molecule has 0 aromatic heterocycles. The predicted octanol–water partition coefficient (Wildman–Crippen LogP) is 1.99. The summed E-state index contributed by atoms with van der Waals surface area (Å²) >= 11 is 0. The summed E-state index contributed by atoms with van der Waals surface area (Å²) in [5.74, 6) is 0.954. The van der Waals surface area contributed by atoms with E-state index in [1.807, 2.05) is 0 Å². The summed E-state index contributed by atoms with van der Waals surface area (Å²) in [6.07, 6.45) is 6.90. The molecule has 1 heterocycles. The minimum atomic E-state index is 0.353. The van der Waals surface area contributed by atoms with Crippen molar-refractivity contribution < 1.29 is 0 Å². The molecule has 1 aliphatic heterocycles. The van der Waals surface area contributed by atoms with E-state index >= 15 is 0 Å². The fourth-order valence-electron chi connectivity index (χ4n) is 3.13. The lowest BCUT2D eigenvalue weighted by Gasteiger charge is -2.48. The number of rotatable bonds is 2. The molecule has 2 unspecified atom stereocenters. The van der Waals surface area contributed by atoms with Gasteiger partial charge in [-0.2, -0.15) is 0 Å². The van der Waals surface area contributed by atoms with Crippen molar-refractivity contribution in [3.8, 4) is 0 Å². The van der Waals surface area contributed by atoms with Crippen molar-refractivity contribution in [1.29, 1.82) is 0 Å². The van der Waals surface area contributed by atoms with Gasteiger partial charge in [-0.1, -0.05) is 13.3 Å². The second-order valence-corrected chi connectivity index (χ2v) is 5.39. The molecule has 0 aromatic carbocycles. The predicted molar refractivity (Wildman–Crippen MR) is 60.2 cm³/mol. The number of nitrogens with two attached hydrogens (primary N) is 1. The Kier molecular flexibility index (Phi) is 3.13. The Balaban J connectivity index is 1.93. The summed E-state index contributed by atoms with van der Waals surface area (Å²) in [7, 11) is 0. The summed E-state index contributed by atoms with van der Waals surface area (Å²) < 4.78 is 0. The Hall–Kier alpha value is -0.0800. The van der Waals surface area contributed by atoms with E-state index in [0.717, 1.165) is 12.0 Å². The number of likely N-dealkylation sites (tertiary alicyclic amines) is 1. The van der Waals surface area contributed by atoms with Gasteiger partial charge < -0.3 is 5.73 Å². The lowest BCUT2D eigenvalue weighted by molar-refractivity contribution is 0.0178. The molecule has 0 amide bonds. The minimum absolute atomic E-state index is 0.353. The van der Waals surface area contributed by atoms with Gasteiger partial charge in [0.25, 0.3) is 0 Å². The minimum Gasteiger partial charge on any atom is -0.327 e. The van der Waals surface area contributed by atoms with Crippen LogP contribution in [-0.4, -0.2) is 29.6 Å². The molecule has 1 aliphatic carbocycles. The average Bonchev–Trinajstić information content (AvgIpc) is 2.13. The Morgan fingerprint density at radius 1 is 1.29 bits per heavy atom. The standard InChI is InChI=1S/C12H24N2/c1-9-7-11(8-9)14-6-4-3-5-12(14)10(2)13/h9-12H,3-8,13H2,1-2H3. The molecule has 1 saturated carbocycles. The summed E-state index contributed by atoms with van der Waals surface area (Å²) in [6, 6.07) is 1.88. The molecular formula is C12H24N2. The molecule has 0 spiro atoms. The van der Waals surface area contributed by atoms with Crippen molar-refractivity contribution in [2.45, 2.75) is 64.1 Å². The quantitative estimate of drug-likeness (QED) is 0.732. The van der Waals surface area contributed by atoms with Crippen LogP contribution in [0.25, 0.3) is 0 Å². The van der Waals surface area contributed by atoms with Gasteiger partial charge >= 0.3 is 0 Å². The van der Waals surface area contributed by atoms with E-state index < -0.39 is 0 Å². The molecule has 82 valence electrons. The maximum Gasteiger partial charge on any atom is 0.0247 e. The molecule has 2 atom stereocenters. The van der Waals surface area contributed by atoms with Gasteiger partial charge in [0.05, 0.1) is 0 Å². The van der Waals surface area contributed by atoms with Gasteiger partial charge in [-0.3, -0.25) is 4.90 Å². The molecule has 0 radical (unpaired) electrons. The van der Waals surface area contributed by atoms with E-state index in [2.05, 4.69) is 18.7 Å². The van der Waals surface area contributed by atoms with Gasteiger partial charge in [-0.15, -0.1) is 0 Å². The zero-order valence-corrected chi connectivity index (χ0v) is 9.58. The summed E-state index contributed by atoms with van der Waals surface area (Å²) in [6.45, 7) is 5.83. The SMILES string of the molecule is CC1CC(N2CCCCC2C(C)N)C1.